The van der Waals surface area contributed by atoms with Crippen molar-refractivity contribution >= 4 is 5.57 Å². The largest absolute Gasteiger partial charge is 0.120 e. The minimum atomic E-state index is -0.134. The van der Waals surface area contributed by atoms with Crippen LogP contribution in [0.25, 0.3) is 16.7 Å². The molecule has 3 aliphatic carbocycles. The molecule has 3 atom stereocenters. The molecule has 0 saturated carbocycles. The Hall–Kier alpha value is -3.30. The second-order valence-electron chi connectivity index (χ2n) is 14.7. The highest BCUT2D eigenvalue weighted by Crippen LogP contribution is 2.70. The first-order valence-corrected chi connectivity index (χ1v) is 16.4. The predicted molar refractivity (Wildman–Crippen MR) is 188 cm³/mol. The van der Waals surface area contributed by atoms with E-state index in [-0.39, 0.29) is 16.2 Å². The molecule has 5 rings (SSSR count). The van der Waals surface area contributed by atoms with Crippen molar-refractivity contribution in [2.24, 2.45) is 16.2 Å². The number of terminal acetylenes is 1. The fourth-order valence-electron chi connectivity index (χ4n) is 9.69. The van der Waals surface area contributed by atoms with E-state index in [0.29, 0.717) is 0 Å². The molecule has 0 radical (unpaired) electrons. The molecule has 0 aromatic heterocycles. The van der Waals surface area contributed by atoms with E-state index in [9.17, 15) is 0 Å². The van der Waals surface area contributed by atoms with E-state index in [1.807, 2.05) is 0 Å². The Kier molecular flexibility index (Phi) is 7.97. The molecule has 0 heterocycles. The molecule has 2 aromatic rings. The van der Waals surface area contributed by atoms with Crippen LogP contribution in [0.15, 0.2) is 83.5 Å². The number of hydrogen-bond donors (Lipinski definition) is 0. The number of unbranched alkanes of at least 4 members (excludes halogenated alkanes) is 2. The first kappa shape index (κ1) is 31.1. The van der Waals surface area contributed by atoms with Crippen molar-refractivity contribution in [1.29, 1.82) is 0 Å². The Morgan fingerprint density at radius 1 is 0.977 bits per heavy atom. The van der Waals surface area contributed by atoms with Gasteiger partial charge in [-0.3, -0.25) is 0 Å². The van der Waals surface area contributed by atoms with Crippen LogP contribution in [0.1, 0.15) is 108 Å². The number of allylic oxidation sites excluding steroid dienone is 7. The third-order valence-electron chi connectivity index (χ3n) is 11.7. The predicted octanol–water partition coefficient (Wildman–Crippen LogP) is 11.7. The fraction of sp³-hybridized carbons (Fsp3) is 0.442. The number of hydrogen-bond acceptors (Lipinski definition) is 0. The summed E-state index contributed by atoms with van der Waals surface area (Å²) in [6.07, 6.45) is 13.9. The summed E-state index contributed by atoms with van der Waals surface area (Å²) < 4.78 is 0. The molecular weight excluding hydrogens is 516 g/mol. The first-order valence-electron chi connectivity index (χ1n) is 16.4. The molecule has 224 valence electrons. The van der Waals surface area contributed by atoms with Crippen LogP contribution in [0.5, 0.6) is 0 Å². The van der Waals surface area contributed by atoms with Crippen molar-refractivity contribution in [2.75, 3.05) is 0 Å². The molecule has 2 aromatic carbocycles. The summed E-state index contributed by atoms with van der Waals surface area (Å²) in [4.78, 5) is 0. The van der Waals surface area contributed by atoms with E-state index < -0.39 is 0 Å². The van der Waals surface area contributed by atoms with Crippen LogP contribution >= 0.6 is 0 Å². The highest BCUT2D eigenvalue weighted by Gasteiger charge is 2.59. The lowest BCUT2D eigenvalue weighted by atomic mass is 9.41. The van der Waals surface area contributed by atoms with Crippen molar-refractivity contribution in [3.8, 4) is 23.5 Å². The van der Waals surface area contributed by atoms with Crippen molar-refractivity contribution in [1.82, 2.24) is 0 Å². The van der Waals surface area contributed by atoms with Crippen LogP contribution in [0.4, 0.5) is 0 Å². The molecule has 0 heteroatoms. The zero-order chi connectivity index (χ0) is 31.5. The average Bonchev–Trinajstić information content (AvgIpc) is 2.92. The lowest BCUT2D eigenvalue weighted by molar-refractivity contribution is 0.0544. The fourth-order valence-corrected chi connectivity index (χ4v) is 9.69. The van der Waals surface area contributed by atoms with Gasteiger partial charge in [0.05, 0.1) is 0 Å². The quantitative estimate of drug-likeness (QED) is 0.230. The molecule has 0 aliphatic heterocycles. The number of aryl methyl sites for hydroxylation is 3. The Morgan fingerprint density at radius 2 is 1.70 bits per heavy atom. The molecule has 3 aliphatic rings. The maximum atomic E-state index is 5.51. The van der Waals surface area contributed by atoms with Gasteiger partial charge in [0.15, 0.2) is 0 Å². The van der Waals surface area contributed by atoms with Crippen LogP contribution in [0, 0.1) is 35.5 Å². The smallest absolute Gasteiger partial charge is 0.0194 e. The van der Waals surface area contributed by atoms with Gasteiger partial charge in [-0.05, 0) is 145 Å². The van der Waals surface area contributed by atoms with Gasteiger partial charge in [-0.25, -0.2) is 0 Å². The summed E-state index contributed by atoms with van der Waals surface area (Å²) in [7, 11) is 0. The van der Waals surface area contributed by atoms with Crippen molar-refractivity contribution in [3.63, 3.8) is 0 Å². The third kappa shape index (κ3) is 4.67. The molecule has 43 heavy (non-hydrogen) atoms. The molecule has 0 unspecified atom stereocenters. The monoisotopic (exact) mass is 568 g/mol. The highest BCUT2D eigenvalue weighted by atomic mass is 14.6. The second kappa shape index (κ2) is 11.0. The first-order chi connectivity index (χ1) is 20.2. The summed E-state index contributed by atoms with van der Waals surface area (Å²) >= 11 is 0. The van der Waals surface area contributed by atoms with E-state index in [1.54, 1.807) is 0 Å². The van der Waals surface area contributed by atoms with Crippen molar-refractivity contribution < 1.29 is 0 Å². The van der Waals surface area contributed by atoms with Gasteiger partial charge in [0.25, 0.3) is 0 Å². The van der Waals surface area contributed by atoms with Crippen molar-refractivity contribution in [2.45, 2.75) is 107 Å². The molecule has 0 saturated heterocycles. The minimum absolute atomic E-state index is 0.00543. The van der Waals surface area contributed by atoms with Gasteiger partial charge in [-0.2, -0.15) is 0 Å². The van der Waals surface area contributed by atoms with E-state index in [2.05, 4.69) is 98.2 Å². The van der Waals surface area contributed by atoms with Crippen molar-refractivity contribution in [3.05, 3.63) is 111 Å². The Labute approximate surface area is 262 Å². The van der Waals surface area contributed by atoms with Crippen LogP contribution < -0.4 is 0 Å². The molecule has 0 fully saturated rings. The zero-order valence-corrected chi connectivity index (χ0v) is 28.2. The van der Waals surface area contributed by atoms with E-state index in [1.165, 1.54) is 72.4 Å². The highest BCUT2D eigenvalue weighted by molar-refractivity contribution is 5.90. The van der Waals surface area contributed by atoms with Crippen LogP contribution in [0.2, 0.25) is 0 Å². The SMILES string of the molecule is C#CCCCCc1ccc(CC)c(-c2ccc(C)c3c2C[C@]2(C)C[C@]4(C)CC(C)=C(C(=C)C)C(=C)[C@]4(C)C(C)=C2C3=C)c1. The number of benzene rings is 2. The molecule has 0 amide bonds. The van der Waals surface area contributed by atoms with Crippen LogP contribution in [-0.2, 0) is 19.3 Å². The average molecular weight is 569 g/mol. The maximum absolute atomic E-state index is 5.51. The van der Waals surface area contributed by atoms with Gasteiger partial charge < -0.3 is 0 Å². The summed E-state index contributed by atoms with van der Waals surface area (Å²) in [5.41, 5.74) is 19.0. The summed E-state index contributed by atoms with van der Waals surface area (Å²) in [6.45, 7) is 33.0. The van der Waals surface area contributed by atoms with E-state index >= 15 is 0 Å². The second-order valence-corrected chi connectivity index (χ2v) is 14.7. The number of fused-ring (bicyclic) bond motifs is 3. The Balaban J connectivity index is 1.69. The molecular formula is C43H52. The third-order valence-corrected chi connectivity index (χ3v) is 11.7. The Bertz CT molecular complexity index is 1660. The van der Waals surface area contributed by atoms with Gasteiger partial charge in [0.1, 0.15) is 0 Å². The normalized spacial score (nSPS) is 26.6. The van der Waals surface area contributed by atoms with Gasteiger partial charge >= 0.3 is 0 Å². The molecule has 0 N–H and O–H groups in total. The maximum Gasteiger partial charge on any atom is 0.0194 e. The minimum Gasteiger partial charge on any atom is -0.120 e. The van der Waals surface area contributed by atoms with Gasteiger partial charge in [0.2, 0.25) is 0 Å². The zero-order valence-electron chi connectivity index (χ0n) is 28.2. The van der Waals surface area contributed by atoms with Gasteiger partial charge in [-0.15, -0.1) is 12.3 Å². The van der Waals surface area contributed by atoms with E-state index in [0.717, 1.165) is 56.9 Å². The molecule has 0 nitrogen and oxygen atoms in total. The summed E-state index contributed by atoms with van der Waals surface area (Å²) in [5.74, 6) is 2.79. The lowest BCUT2D eigenvalue weighted by Gasteiger charge is -2.62. The lowest BCUT2D eigenvalue weighted by Crippen LogP contribution is -2.52. The standard InChI is InChI=1S/C43H52/c1-13-15-16-17-18-33-20-21-34(14-2)36(23-33)35-22-19-28(5)39-30(7)40-32(9)43(12)31(8)38(27(3)4)29(6)24-42(43,11)26-41(40,10)25-37(35)39/h1,19-23H,3,7-8,14-18,24-26H2,2,4-6,9-12H3/t41-,42+,43-/m1/s1. The van der Waals surface area contributed by atoms with Crippen LogP contribution in [-0.4, -0.2) is 0 Å². The summed E-state index contributed by atoms with van der Waals surface area (Å²) in [6, 6.07) is 11.9. The topological polar surface area (TPSA) is 0 Å². The summed E-state index contributed by atoms with van der Waals surface area (Å²) in [5, 5.41) is 0. The van der Waals surface area contributed by atoms with Gasteiger partial charge in [0, 0.05) is 11.8 Å². The van der Waals surface area contributed by atoms with Gasteiger partial charge in [-0.1, -0.05) is 94.5 Å². The molecule has 0 spiro atoms. The Morgan fingerprint density at radius 3 is 2.35 bits per heavy atom. The van der Waals surface area contributed by atoms with E-state index in [4.69, 9.17) is 19.6 Å². The van der Waals surface area contributed by atoms with Crippen LogP contribution in [0.3, 0.4) is 0 Å². The number of rotatable bonds is 7. The molecule has 0 bridgehead atoms.